The van der Waals surface area contributed by atoms with Crippen LogP contribution in [0, 0.1) is 6.92 Å². The van der Waals surface area contributed by atoms with Crippen LogP contribution < -0.4 is 5.32 Å². The third-order valence-corrected chi connectivity index (χ3v) is 2.22. The van der Waals surface area contributed by atoms with Crippen molar-refractivity contribution >= 4 is 12.6 Å². The minimum atomic E-state index is 0.911. The summed E-state index contributed by atoms with van der Waals surface area (Å²) in [6, 6.07) is 8.71. The Hall–Kier alpha value is -0.470. The van der Waals surface area contributed by atoms with Crippen LogP contribution in [0.15, 0.2) is 24.3 Å². The van der Waals surface area contributed by atoms with Crippen LogP contribution in [0.4, 0.5) is 0 Å². The first-order valence-corrected chi connectivity index (χ1v) is 5.33. The number of hydrogen-bond donors (Lipinski definition) is 2. The Labute approximate surface area is 86.0 Å². The Morgan fingerprint density at radius 3 is 2.46 bits per heavy atom. The Morgan fingerprint density at radius 1 is 1.15 bits per heavy atom. The maximum atomic E-state index is 4.13. The van der Waals surface area contributed by atoms with E-state index in [9.17, 15) is 0 Å². The average Bonchev–Trinajstić information content (AvgIpc) is 2.15. The zero-order valence-electron chi connectivity index (χ0n) is 8.09. The molecule has 0 heterocycles. The molecule has 0 aromatic heterocycles. The quantitative estimate of drug-likeness (QED) is 0.541. The molecule has 1 aromatic carbocycles. The molecule has 0 bridgehead atoms. The summed E-state index contributed by atoms with van der Waals surface area (Å²) >= 11 is 4.13. The molecule has 1 nitrogen and oxygen atoms in total. The van der Waals surface area contributed by atoms with Gasteiger partial charge < -0.3 is 5.32 Å². The number of hydrogen-bond acceptors (Lipinski definition) is 2. The van der Waals surface area contributed by atoms with Gasteiger partial charge in [-0.2, -0.15) is 12.6 Å². The van der Waals surface area contributed by atoms with E-state index in [2.05, 4.69) is 49.1 Å². The van der Waals surface area contributed by atoms with Gasteiger partial charge in [-0.25, -0.2) is 0 Å². The van der Waals surface area contributed by atoms with Gasteiger partial charge in [0.25, 0.3) is 0 Å². The second kappa shape index (κ2) is 6.06. The molecule has 0 fully saturated rings. The van der Waals surface area contributed by atoms with E-state index in [0.29, 0.717) is 0 Å². The molecule has 0 unspecified atom stereocenters. The second-order valence-electron chi connectivity index (χ2n) is 3.21. The minimum Gasteiger partial charge on any atom is -0.316 e. The van der Waals surface area contributed by atoms with Crippen LogP contribution in [0.1, 0.15) is 11.1 Å². The number of benzene rings is 1. The predicted octanol–water partition coefficient (Wildman–Crippen LogP) is 2.06. The maximum absolute atomic E-state index is 4.13. The van der Waals surface area contributed by atoms with E-state index in [1.54, 1.807) is 0 Å². The Kier molecular flexibility index (Phi) is 4.94. The molecule has 13 heavy (non-hydrogen) atoms. The molecule has 1 aromatic rings. The monoisotopic (exact) mass is 195 g/mol. The Balaban J connectivity index is 2.25. The van der Waals surface area contributed by atoms with Crippen LogP contribution in [0.25, 0.3) is 0 Å². The fourth-order valence-corrected chi connectivity index (χ4v) is 1.35. The van der Waals surface area contributed by atoms with Crippen LogP contribution in [0.2, 0.25) is 0 Å². The van der Waals surface area contributed by atoms with Crippen molar-refractivity contribution in [1.29, 1.82) is 0 Å². The van der Waals surface area contributed by atoms with Gasteiger partial charge in [-0.1, -0.05) is 29.8 Å². The molecule has 0 aliphatic carbocycles. The van der Waals surface area contributed by atoms with Gasteiger partial charge in [0.15, 0.2) is 0 Å². The van der Waals surface area contributed by atoms with Gasteiger partial charge in [0, 0.05) is 12.3 Å². The third-order valence-electron chi connectivity index (χ3n) is 2.00. The maximum Gasteiger partial charge on any atom is 0.00398 e. The van der Waals surface area contributed by atoms with Gasteiger partial charge in [-0.05, 0) is 25.5 Å². The van der Waals surface area contributed by atoms with Gasteiger partial charge in [-0.15, -0.1) is 0 Å². The molecule has 0 spiro atoms. The first-order chi connectivity index (χ1) is 6.33. The molecule has 0 radical (unpaired) electrons. The molecular formula is C11H17NS. The molecular weight excluding hydrogens is 178 g/mol. The summed E-state index contributed by atoms with van der Waals surface area (Å²) in [5, 5.41) is 3.32. The molecule has 2 heteroatoms. The van der Waals surface area contributed by atoms with Gasteiger partial charge in [-0.3, -0.25) is 0 Å². The average molecular weight is 195 g/mol. The lowest BCUT2D eigenvalue weighted by atomic mass is 10.1. The normalized spacial score (nSPS) is 10.3. The molecule has 0 amide bonds. The van der Waals surface area contributed by atoms with Gasteiger partial charge in [0.1, 0.15) is 0 Å². The lowest BCUT2D eigenvalue weighted by Gasteiger charge is -2.03. The predicted molar refractivity (Wildman–Crippen MR) is 61.6 cm³/mol. The van der Waals surface area contributed by atoms with E-state index >= 15 is 0 Å². The van der Waals surface area contributed by atoms with Crippen molar-refractivity contribution in [1.82, 2.24) is 5.32 Å². The summed E-state index contributed by atoms with van der Waals surface area (Å²) in [5.41, 5.74) is 2.73. The topological polar surface area (TPSA) is 12.0 Å². The summed E-state index contributed by atoms with van der Waals surface area (Å²) < 4.78 is 0. The molecule has 0 aliphatic rings. The zero-order chi connectivity index (χ0) is 9.52. The van der Waals surface area contributed by atoms with Gasteiger partial charge in [0.2, 0.25) is 0 Å². The van der Waals surface area contributed by atoms with Crippen molar-refractivity contribution < 1.29 is 0 Å². The highest BCUT2D eigenvalue weighted by molar-refractivity contribution is 7.80. The Morgan fingerprint density at radius 2 is 1.85 bits per heavy atom. The number of thiol groups is 1. The van der Waals surface area contributed by atoms with Crippen molar-refractivity contribution in [3.8, 4) is 0 Å². The van der Waals surface area contributed by atoms with Crippen molar-refractivity contribution in [2.45, 2.75) is 13.3 Å². The molecule has 1 N–H and O–H groups in total. The smallest absolute Gasteiger partial charge is 0.00398 e. The van der Waals surface area contributed by atoms with Crippen molar-refractivity contribution in [3.63, 3.8) is 0 Å². The molecule has 1 rings (SSSR count). The van der Waals surface area contributed by atoms with Crippen LogP contribution in [-0.2, 0) is 6.42 Å². The van der Waals surface area contributed by atoms with Crippen LogP contribution in [0.5, 0.6) is 0 Å². The van der Waals surface area contributed by atoms with E-state index in [1.807, 2.05) is 0 Å². The largest absolute Gasteiger partial charge is 0.316 e. The number of nitrogens with one attached hydrogen (secondary N) is 1. The third kappa shape index (κ3) is 4.34. The van der Waals surface area contributed by atoms with Gasteiger partial charge in [0.05, 0.1) is 0 Å². The second-order valence-corrected chi connectivity index (χ2v) is 3.66. The van der Waals surface area contributed by atoms with Crippen molar-refractivity contribution in [2.75, 3.05) is 18.8 Å². The van der Waals surface area contributed by atoms with E-state index < -0.39 is 0 Å². The molecule has 0 saturated carbocycles. The highest BCUT2D eigenvalue weighted by Gasteiger charge is 1.91. The standard InChI is InChI=1S/C11H17NS/c1-10-2-4-11(5-3-10)6-7-12-8-9-13/h2-5,12-13H,6-9H2,1H3. The molecule has 0 saturated heterocycles. The van der Waals surface area contributed by atoms with E-state index in [1.165, 1.54) is 11.1 Å². The van der Waals surface area contributed by atoms with E-state index in [-0.39, 0.29) is 0 Å². The minimum absolute atomic E-state index is 0.911. The summed E-state index contributed by atoms with van der Waals surface area (Å²) in [5.74, 6) is 0.911. The first-order valence-electron chi connectivity index (χ1n) is 4.70. The van der Waals surface area contributed by atoms with Crippen molar-refractivity contribution in [3.05, 3.63) is 35.4 Å². The highest BCUT2D eigenvalue weighted by atomic mass is 32.1. The lowest BCUT2D eigenvalue weighted by molar-refractivity contribution is 0.722. The molecule has 0 atom stereocenters. The lowest BCUT2D eigenvalue weighted by Crippen LogP contribution is -2.19. The Bertz CT molecular complexity index is 230. The summed E-state index contributed by atoms with van der Waals surface area (Å²) in [4.78, 5) is 0. The van der Waals surface area contributed by atoms with Crippen LogP contribution in [-0.4, -0.2) is 18.8 Å². The first kappa shape index (κ1) is 10.6. The molecule has 0 aliphatic heterocycles. The highest BCUT2D eigenvalue weighted by Crippen LogP contribution is 2.02. The van der Waals surface area contributed by atoms with Gasteiger partial charge >= 0.3 is 0 Å². The fourth-order valence-electron chi connectivity index (χ4n) is 1.19. The number of aryl methyl sites for hydroxylation is 1. The molecule has 72 valence electrons. The van der Waals surface area contributed by atoms with Crippen LogP contribution in [0.3, 0.4) is 0 Å². The van der Waals surface area contributed by atoms with E-state index in [0.717, 1.165) is 25.3 Å². The van der Waals surface area contributed by atoms with Crippen LogP contribution >= 0.6 is 12.6 Å². The van der Waals surface area contributed by atoms with E-state index in [4.69, 9.17) is 0 Å². The SMILES string of the molecule is Cc1ccc(CCNCCS)cc1. The summed E-state index contributed by atoms with van der Waals surface area (Å²) in [6.07, 6.45) is 1.11. The summed E-state index contributed by atoms with van der Waals surface area (Å²) in [6.45, 7) is 4.15. The fraction of sp³-hybridized carbons (Fsp3) is 0.455. The summed E-state index contributed by atoms with van der Waals surface area (Å²) in [7, 11) is 0. The van der Waals surface area contributed by atoms with Crippen molar-refractivity contribution in [2.24, 2.45) is 0 Å². The number of rotatable bonds is 5. The zero-order valence-corrected chi connectivity index (χ0v) is 8.98.